The minimum Gasteiger partial charge on any atom is -0.373 e. The van der Waals surface area contributed by atoms with Gasteiger partial charge in [0.05, 0.1) is 13.2 Å². The van der Waals surface area contributed by atoms with Gasteiger partial charge in [-0.3, -0.25) is 0 Å². The summed E-state index contributed by atoms with van der Waals surface area (Å²) in [5.41, 5.74) is 1.20. The van der Waals surface area contributed by atoms with Crippen molar-refractivity contribution in [3.05, 3.63) is 48.0 Å². The van der Waals surface area contributed by atoms with Crippen LogP contribution in [0.4, 0.5) is 0 Å². The molecule has 0 aliphatic rings. The van der Waals surface area contributed by atoms with E-state index in [1.54, 1.807) is 0 Å². The maximum Gasteiger partial charge on any atom is 0.0721 e. The zero-order valence-electron chi connectivity index (χ0n) is 7.45. The first-order valence-corrected chi connectivity index (χ1v) is 4.79. The molecule has 0 spiro atoms. The Labute approximate surface area is 84.0 Å². The summed E-state index contributed by atoms with van der Waals surface area (Å²) >= 11 is 5.46. The Morgan fingerprint density at radius 3 is 2.62 bits per heavy atom. The molecular weight excluding hydrogens is 184 g/mol. The highest BCUT2D eigenvalue weighted by molar-refractivity contribution is 6.18. The second-order valence-electron chi connectivity index (χ2n) is 2.63. The second-order valence-corrected chi connectivity index (χ2v) is 2.94. The molecule has 0 heterocycles. The molecule has 0 saturated carbocycles. The number of benzene rings is 1. The molecule has 0 amide bonds. The lowest BCUT2D eigenvalue weighted by Gasteiger charge is -2.00. The van der Waals surface area contributed by atoms with Gasteiger partial charge in [-0.05, 0) is 5.56 Å². The summed E-state index contributed by atoms with van der Waals surface area (Å²) in [6.07, 6.45) is 3.81. The van der Waals surface area contributed by atoms with Crippen molar-refractivity contribution < 1.29 is 4.74 Å². The van der Waals surface area contributed by atoms with E-state index in [2.05, 4.69) is 0 Å². The lowest BCUT2D eigenvalue weighted by Crippen LogP contribution is -1.91. The maximum atomic E-state index is 5.46. The number of hydrogen-bond donors (Lipinski definition) is 0. The fourth-order valence-electron chi connectivity index (χ4n) is 0.950. The minimum absolute atomic E-state index is 0.550. The lowest BCUT2D eigenvalue weighted by atomic mass is 10.2. The van der Waals surface area contributed by atoms with Crippen molar-refractivity contribution in [2.75, 3.05) is 12.5 Å². The average Bonchev–Trinajstić information content (AvgIpc) is 2.19. The third-order valence-corrected chi connectivity index (χ3v) is 1.76. The second kappa shape index (κ2) is 6.70. The van der Waals surface area contributed by atoms with Gasteiger partial charge in [0.25, 0.3) is 0 Å². The van der Waals surface area contributed by atoms with Crippen LogP contribution in [0.1, 0.15) is 5.56 Å². The zero-order chi connectivity index (χ0) is 9.36. The van der Waals surface area contributed by atoms with Crippen LogP contribution in [0.15, 0.2) is 42.5 Å². The van der Waals surface area contributed by atoms with Gasteiger partial charge in [-0.25, -0.2) is 0 Å². The first-order valence-electron chi connectivity index (χ1n) is 4.26. The van der Waals surface area contributed by atoms with E-state index in [0.29, 0.717) is 19.1 Å². The summed E-state index contributed by atoms with van der Waals surface area (Å²) in [5.74, 6) is 0.550. The van der Waals surface area contributed by atoms with Crippen LogP contribution in [-0.4, -0.2) is 12.5 Å². The van der Waals surface area contributed by atoms with Gasteiger partial charge >= 0.3 is 0 Å². The highest BCUT2D eigenvalue weighted by Gasteiger charge is 1.88. The molecule has 70 valence electrons. The van der Waals surface area contributed by atoms with Gasteiger partial charge in [-0.15, -0.1) is 11.6 Å². The summed E-state index contributed by atoms with van der Waals surface area (Å²) in [5, 5.41) is 0. The topological polar surface area (TPSA) is 9.23 Å². The SMILES string of the molecule is ClC/C=C/COCc1ccccc1. The molecule has 0 N–H and O–H groups in total. The van der Waals surface area contributed by atoms with Gasteiger partial charge < -0.3 is 4.74 Å². The molecule has 0 unspecified atom stereocenters. The predicted molar refractivity (Wildman–Crippen MR) is 56.0 cm³/mol. The number of hydrogen-bond acceptors (Lipinski definition) is 1. The van der Waals surface area contributed by atoms with E-state index in [1.807, 2.05) is 42.5 Å². The van der Waals surface area contributed by atoms with Crippen LogP contribution in [0.2, 0.25) is 0 Å². The van der Waals surface area contributed by atoms with E-state index in [-0.39, 0.29) is 0 Å². The van der Waals surface area contributed by atoms with E-state index < -0.39 is 0 Å². The zero-order valence-corrected chi connectivity index (χ0v) is 8.20. The molecule has 1 rings (SSSR count). The van der Waals surface area contributed by atoms with Crippen LogP contribution in [0, 0.1) is 0 Å². The highest BCUT2D eigenvalue weighted by atomic mass is 35.5. The molecule has 2 heteroatoms. The Morgan fingerprint density at radius 2 is 1.92 bits per heavy atom. The molecule has 1 aromatic rings. The van der Waals surface area contributed by atoms with Crippen LogP contribution in [0.5, 0.6) is 0 Å². The summed E-state index contributed by atoms with van der Waals surface area (Å²) < 4.78 is 5.38. The van der Waals surface area contributed by atoms with Gasteiger partial charge in [0.2, 0.25) is 0 Å². The average molecular weight is 197 g/mol. The molecule has 13 heavy (non-hydrogen) atoms. The van der Waals surface area contributed by atoms with Crippen LogP contribution < -0.4 is 0 Å². The number of halogens is 1. The van der Waals surface area contributed by atoms with E-state index in [4.69, 9.17) is 16.3 Å². The molecule has 0 saturated heterocycles. The largest absolute Gasteiger partial charge is 0.373 e. The third kappa shape index (κ3) is 4.71. The first kappa shape index (κ1) is 10.3. The Balaban J connectivity index is 2.17. The van der Waals surface area contributed by atoms with Crippen LogP contribution in [-0.2, 0) is 11.3 Å². The molecule has 0 aliphatic carbocycles. The van der Waals surface area contributed by atoms with Crippen molar-refractivity contribution in [2.45, 2.75) is 6.61 Å². The van der Waals surface area contributed by atoms with Gasteiger partial charge in [0.15, 0.2) is 0 Å². The van der Waals surface area contributed by atoms with Crippen LogP contribution in [0.3, 0.4) is 0 Å². The Morgan fingerprint density at radius 1 is 1.15 bits per heavy atom. The van der Waals surface area contributed by atoms with Crippen molar-refractivity contribution in [3.63, 3.8) is 0 Å². The smallest absolute Gasteiger partial charge is 0.0721 e. The maximum absolute atomic E-state index is 5.46. The Kier molecular flexibility index (Phi) is 5.30. The van der Waals surface area contributed by atoms with Crippen molar-refractivity contribution in [2.24, 2.45) is 0 Å². The Bertz CT molecular complexity index is 244. The molecule has 0 radical (unpaired) electrons. The van der Waals surface area contributed by atoms with Crippen molar-refractivity contribution in [3.8, 4) is 0 Å². The normalized spacial score (nSPS) is 10.8. The summed E-state index contributed by atoms with van der Waals surface area (Å²) in [6.45, 7) is 1.29. The van der Waals surface area contributed by atoms with Crippen molar-refractivity contribution >= 4 is 11.6 Å². The highest BCUT2D eigenvalue weighted by Crippen LogP contribution is 1.99. The van der Waals surface area contributed by atoms with Crippen LogP contribution >= 0.6 is 11.6 Å². The molecular formula is C11H13ClO. The predicted octanol–water partition coefficient (Wildman–Crippen LogP) is 3.00. The number of allylic oxidation sites excluding steroid dienone is 1. The number of alkyl halides is 1. The quantitative estimate of drug-likeness (QED) is 0.400. The molecule has 0 bridgehead atoms. The molecule has 0 atom stereocenters. The number of rotatable bonds is 5. The third-order valence-electron chi connectivity index (χ3n) is 1.58. The standard InChI is InChI=1S/C11H13ClO/c12-8-4-5-9-13-10-11-6-2-1-3-7-11/h1-7H,8-10H2/b5-4+. The van der Waals surface area contributed by atoms with Crippen LogP contribution in [0.25, 0.3) is 0 Å². The van der Waals surface area contributed by atoms with Gasteiger partial charge in [-0.1, -0.05) is 42.5 Å². The van der Waals surface area contributed by atoms with E-state index >= 15 is 0 Å². The molecule has 0 fully saturated rings. The fraction of sp³-hybridized carbons (Fsp3) is 0.273. The first-order chi connectivity index (χ1) is 6.43. The van der Waals surface area contributed by atoms with Crippen molar-refractivity contribution in [1.82, 2.24) is 0 Å². The molecule has 0 aromatic heterocycles. The van der Waals surface area contributed by atoms with Gasteiger partial charge in [-0.2, -0.15) is 0 Å². The summed E-state index contributed by atoms with van der Waals surface area (Å²) in [7, 11) is 0. The van der Waals surface area contributed by atoms with E-state index in [0.717, 1.165) is 0 Å². The summed E-state index contributed by atoms with van der Waals surface area (Å²) in [4.78, 5) is 0. The fourth-order valence-corrected chi connectivity index (χ4v) is 1.08. The summed E-state index contributed by atoms with van der Waals surface area (Å²) in [6, 6.07) is 10.1. The van der Waals surface area contributed by atoms with Crippen molar-refractivity contribution in [1.29, 1.82) is 0 Å². The van der Waals surface area contributed by atoms with Gasteiger partial charge in [0, 0.05) is 5.88 Å². The molecule has 0 aliphatic heterocycles. The lowest BCUT2D eigenvalue weighted by molar-refractivity contribution is 0.148. The van der Waals surface area contributed by atoms with Gasteiger partial charge in [0.1, 0.15) is 0 Å². The molecule has 1 aromatic carbocycles. The monoisotopic (exact) mass is 196 g/mol. The molecule has 1 nitrogen and oxygen atoms in total. The number of ether oxygens (including phenoxy) is 1. The minimum atomic E-state index is 0.550. The van der Waals surface area contributed by atoms with E-state index in [1.165, 1.54) is 5.56 Å². The van der Waals surface area contributed by atoms with E-state index in [9.17, 15) is 0 Å². The Hall–Kier alpha value is -0.790.